The number of rotatable bonds is 13. The molecule has 3 saturated carbocycles. The number of hydrogen-bond donors (Lipinski definition) is 0. The summed E-state index contributed by atoms with van der Waals surface area (Å²) in [5.41, 5.74) is 2.52. The Kier molecular flexibility index (Phi) is 11.1. The molecule has 0 radical (unpaired) electrons. The Hall–Kier alpha value is -0.790. The lowest BCUT2D eigenvalue weighted by Crippen LogP contribution is -2.54. The van der Waals surface area contributed by atoms with Crippen LogP contribution < -0.4 is 0 Å². The van der Waals surface area contributed by atoms with Gasteiger partial charge in [0.05, 0.1) is 0 Å². The number of unbranched alkanes of at least 4 members (excludes halogenated alkanes) is 5. The fourth-order valence-electron chi connectivity index (χ4n) is 10.2. The van der Waals surface area contributed by atoms with Crippen LogP contribution in [0.4, 0.5) is 0 Å². The Bertz CT molecular complexity index is 812. The number of ether oxygens (including phenoxy) is 1. The minimum atomic E-state index is 0.0533. The molecule has 39 heavy (non-hydrogen) atoms. The molecule has 0 N–H and O–H groups in total. The Morgan fingerprint density at radius 1 is 0.923 bits per heavy atom. The summed E-state index contributed by atoms with van der Waals surface area (Å²) < 4.78 is 6.06. The van der Waals surface area contributed by atoms with Gasteiger partial charge < -0.3 is 4.74 Å². The van der Waals surface area contributed by atoms with E-state index in [2.05, 4.69) is 47.6 Å². The van der Waals surface area contributed by atoms with E-state index in [1.807, 2.05) is 0 Å². The van der Waals surface area contributed by atoms with Crippen molar-refractivity contribution >= 4 is 5.97 Å². The zero-order valence-electron chi connectivity index (χ0n) is 26.9. The Morgan fingerprint density at radius 3 is 2.46 bits per heavy atom. The third-order valence-electron chi connectivity index (χ3n) is 12.5. The molecule has 0 aliphatic heterocycles. The van der Waals surface area contributed by atoms with Crippen LogP contribution in [0.1, 0.15) is 164 Å². The van der Waals surface area contributed by atoms with Crippen molar-refractivity contribution in [3.63, 3.8) is 0 Å². The standard InChI is InChI=1S/C37H64O2/c1-7-8-9-10-11-12-19-35(38)39-30-22-24-36(5)29(26-30)20-21-31-33-18-14-17-32(28(4)16-13-15-27(2)3)37(33,6)25-23-34(31)36/h20,27-28,30-34H,7-19,21-26H2,1-6H3/t28-,30+,31+,32-,33+,34+,36+,37-/m1/s1. The third kappa shape index (κ3) is 7.17. The van der Waals surface area contributed by atoms with Gasteiger partial charge in [-0.2, -0.15) is 0 Å². The van der Waals surface area contributed by atoms with Gasteiger partial charge in [-0.3, -0.25) is 4.79 Å². The highest BCUT2D eigenvalue weighted by atomic mass is 16.5. The smallest absolute Gasteiger partial charge is 0.306 e. The number of esters is 1. The van der Waals surface area contributed by atoms with Gasteiger partial charge in [-0.15, -0.1) is 0 Å². The lowest BCUT2D eigenvalue weighted by atomic mass is 9.42. The zero-order chi connectivity index (χ0) is 28.0. The lowest BCUT2D eigenvalue weighted by Gasteiger charge is -2.62. The molecular weight excluding hydrogens is 476 g/mol. The first-order valence-electron chi connectivity index (χ1n) is 17.6. The van der Waals surface area contributed by atoms with E-state index in [4.69, 9.17) is 4.74 Å². The van der Waals surface area contributed by atoms with E-state index < -0.39 is 0 Å². The second-order valence-electron chi connectivity index (χ2n) is 15.5. The van der Waals surface area contributed by atoms with Crippen molar-refractivity contribution in [2.75, 3.05) is 0 Å². The third-order valence-corrected chi connectivity index (χ3v) is 12.5. The molecule has 0 aromatic rings. The van der Waals surface area contributed by atoms with E-state index in [-0.39, 0.29) is 12.1 Å². The summed E-state index contributed by atoms with van der Waals surface area (Å²) >= 11 is 0. The van der Waals surface area contributed by atoms with Crippen LogP contribution in [-0.4, -0.2) is 12.1 Å². The summed E-state index contributed by atoms with van der Waals surface area (Å²) in [7, 11) is 0. The van der Waals surface area contributed by atoms with Crippen LogP contribution in [-0.2, 0) is 9.53 Å². The minimum absolute atomic E-state index is 0.0533. The molecule has 0 aromatic carbocycles. The molecule has 4 aliphatic rings. The van der Waals surface area contributed by atoms with Crippen molar-refractivity contribution < 1.29 is 9.53 Å². The van der Waals surface area contributed by atoms with Crippen LogP contribution >= 0.6 is 0 Å². The van der Waals surface area contributed by atoms with Gasteiger partial charge in [0.15, 0.2) is 0 Å². The summed E-state index contributed by atoms with van der Waals surface area (Å²) in [6, 6.07) is 0. The number of allylic oxidation sites excluding steroid dienone is 1. The largest absolute Gasteiger partial charge is 0.462 e. The average Bonchev–Trinajstić information content (AvgIpc) is 2.89. The Morgan fingerprint density at radius 2 is 1.69 bits per heavy atom. The molecule has 3 fully saturated rings. The molecule has 4 rings (SSSR count). The Labute approximate surface area is 242 Å². The van der Waals surface area contributed by atoms with Crippen molar-refractivity contribution in [2.45, 2.75) is 170 Å². The number of hydrogen-bond acceptors (Lipinski definition) is 2. The molecule has 0 spiro atoms. The van der Waals surface area contributed by atoms with Gasteiger partial charge in [0.2, 0.25) is 0 Å². The maximum atomic E-state index is 12.6. The van der Waals surface area contributed by atoms with Crippen LogP contribution in [0.3, 0.4) is 0 Å². The Balaban J connectivity index is 1.34. The molecule has 2 heteroatoms. The van der Waals surface area contributed by atoms with E-state index in [1.54, 1.807) is 5.57 Å². The molecule has 0 unspecified atom stereocenters. The molecule has 2 nitrogen and oxygen atoms in total. The van der Waals surface area contributed by atoms with Crippen LogP contribution in [0.15, 0.2) is 11.6 Å². The van der Waals surface area contributed by atoms with Gasteiger partial charge in [0, 0.05) is 12.8 Å². The summed E-state index contributed by atoms with van der Waals surface area (Å²) in [4.78, 5) is 12.6. The molecule has 0 bridgehead atoms. The zero-order valence-corrected chi connectivity index (χ0v) is 26.9. The number of carbonyl (C=O) groups is 1. The van der Waals surface area contributed by atoms with Gasteiger partial charge in [0.25, 0.3) is 0 Å². The predicted molar refractivity (Wildman–Crippen MR) is 166 cm³/mol. The molecule has 4 aliphatic carbocycles. The lowest BCUT2D eigenvalue weighted by molar-refractivity contribution is -0.152. The van der Waals surface area contributed by atoms with E-state index in [0.717, 1.165) is 54.8 Å². The normalized spacial score (nSPS) is 36.9. The molecular formula is C37H64O2. The first-order chi connectivity index (χ1) is 18.7. The van der Waals surface area contributed by atoms with E-state index in [9.17, 15) is 4.79 Å². The van der Waals surface area contributed by atoms with Crippen molar-refractivity contribution in [3.8, 4) is 0 Å². The van der Waals surface area contributed by atoms with Crippen molar-refractivity contribution in [1.29, 1.82) is 0 Å². The molecule has 0 heterocycles. The first-order valence-corrected chi connectivity index (χ1v) is 17.6. The monoisotopic (exact) mass is 540 g/mol. The molecule has 0 amide bonds. The van der Waals surface area contributed by atoms with Gasteiger partial charge in [-0.05, 0) is 97.7 Å². The van der Waals surface area contributed by atoms with E-state index in [1.165, 1.54) is 96.3 Å². The van der Waals surface area contributed by atoms with Gasteiger partial charge in [-0.1, -0.05) is 111 Å². The fraction of sp³-hybridized carbons (Fsp3) is 0.919. The average molecular weight is 541 g/mol. The first kappa shape index (κ1) is 31.2. The van der Waals surface area contributed by atoms with Crippen LogP contribution in [0.5, 0.6) is 0 Å². The van der Waals surface area contributed by atoms with Crippen LogP contribution in [0, 0.1) is 46.3 Å². The number of fused-ring (bicyclic) bond motifs is 5. The molecule has 0 saturated heterocycles. The maximum absolute atomic E-state index is 12.6. The number of carbonyl (C=O) groups excluding carboxylic acids is 1. The van der Waals surface area contributed by atoms with Crippen LogP contribution in [0.25, 0.3) is 0 Å². The minimum Gasteiger partial charge on any atom is -0.462 e. The van der Waals surface area contributed by atoms with Crippen molar-refractivity contribution in [2.24, 2.45) is 46.3 Å². The predicted octanol–water partition coefficient (Wildman–Crippen LogP) is 11.1. The van der Waals surface area contributed by atoms with Gasteiger partial charge in [-0.25, -0.2) is 0 Å². The van der Waals surface area contributed by atoms with Crippen molar-refractivity contribution in [3.05, 3.63) is 11.6 Å². The second-order valence-corrected chi connectivity index (χ2v) is 15.5. The summed E-state index contributed by atoms with van der Waals surface area (Å²) in [6.07, 6.45) is 26.8. The topological polar surface area (TPSA) is 26.3 Å². The summed E-state index contributed by atoms with van der Waals surface area (Å²) in [6.45, 7) is 14.9. The quantitative estimate of drug-likeness (QED) is 0.132. The molecule has 0 aromatic heterocycles. The van der Waals surface area contributed by atoms with E-state index >= 15 is 0 Å². The fourth-order valence-corrected chi connectivity index (χ4v) is 10.2. The highest BCUT2D eigenvalue weighted by molar-refractivity contribution is 5.69. The SMILES string of the molecule is CCCCCCCCC(=O)O[C@H]1CC[C@@]2(C)C(=CC[C@H]3[C@@H]4CCC[C@H]([C@H](C)CCCC(C)C)[C@@]4(C)CC[C@@H]32)C1. The summed E-state index contributed by atoms with van der Waals surface area (Å²) in [5.74, 6) is 5.30. The highest BCUT2D eigenvalue weighted by Gasteiger charge is 2.57. The second kappa shape index (κ2) is 13.9. The highest BCUT2D eigenvalue weighted by Crippen LogP contribution is 2.66. The van der Waals surface area contributed by atoms with E-state index in [0.29, 0.717) is 17.3 Å². The van der Waals surface area contributed by atoms with Gasteiger partial charge >= 0.3 is 5.97 Å². The molecule has 8 atom stereocenters. The summed E-state index contributed by atoms with van der Waals surface area (Å²) in [5, 5.41) is 0. The van der Waals surface area contributed by atoms with Gasteiger partial charge in [0.1, 0.15) is 6.10 Å². The van der Waals surface area contributed by atoms with Crippen LogP contribution in [0.2, 0.25) is 0 Å². The van der Waals surface area contributed by atoms with Crippen molar-refractivity contribution in [1.82, 2.24) is 0 Å². The maximum Gasteiger partial charge on any atom is 0.306 e. The molecule has 224 valence electrons.